The number of halogens is 1. The van der Waals surface area contributed by atoms with Crippen molar-refractivity contribution in [1.82, 2.24) is 10.3 Å². The summed E-state index contributed by atoms with van der Waals surface area (Å²) < 4.78 is 1.14. The van der Waals surface area contributed by atoms with Crippen LogP contribution >= 0.6 is 39.0 Å². The van der Waals surface area contributed by atoms with Crippen molar-refractivity contribution in [3.63, 3.8) is 0 Å². The third-order valence-electron chi connectivity index (χ3n) is 3.51. The Labute approximate surface area is 136 Å². The van der Waals surface area contributed by atoms with Crippen LogP contribution in [0.1, 0.15) is 34.5 Å². The molecule has 0 spiro atoms. The number of nitrogens with one attached hydrogen (secondary N) is 1. The fourth-order valence-electron chi connectivity index (χ4n) is 2.51. The lowest BCUT2D eigenvalue weighted by Crippen LogP contribution is -2.21. The van der Waals surface area contributed by atoms with Gasteiger partial charge in [0.2, 0.25) is 0 Å². The van der Waals surface area contributed by atoms with E-state index in [-0.39, 0.29) is 0 Å². The van der Waals surface area contributed by atoms with E-state index in [1.165, 1.54) is 39.7 Å². The van der Waals surface area contributed by atoms with E-state index in [0.29, 0.717) is 6.04 Å². The van der Waals surface area contributed by atoms with E-state index in [1.54, 1.807) is 0 Å². The van der Waals surface area contributed by atoms with Gasteiger partial charge in [0.15, 0.2) is 0 Å². The summed E-state index contributed by atoms with van der Waals surface area (Å²) in [4.78, 5) is 7.64. The molecule has 3 rings (SSSR count). The molecule has 1 unspecified atom stereocenters. The average Bonchev–Trinajstić information content (AvgIpc) is 2.88. The Morgan fingerprint density at radius 3 is 3.20 bits per heavy atom. The monoisotopic (exact) mass is 368 g/mol. The highest BCUT2D eigenvalue weighted by atomic mass is 79.9. The second kappa shape index (κ2) is 6.60. The van der Waals surface area contributed by atoms with E-state index in [0.717, 1.165) is 10.2 Å². The molecule has 5 heteroatoms. The first-order valence-electron chi connectivity index (χ1n) is 6.80. The molecule has 2 aromatic rings. The summed E-state index contributed by atoms with van der Waals surface area (Å²) >= 11 is 7.27. The predicted molar refractivity (Wildman–Crippen MR) is 90.6 cm³/mol. The second-order valence-corrected chi connectivity index (χ2v) is 8.03. The van der Waals surface area contributed by atoms with Crippen molar-refractivity contribution in [2.45, 2.75) is 36.0 Å². The van der Waals surface area contributed by atoms with Gasteiger partial charge in [-0.1, -0.05) is 22.0 Å². The van der Waals surface area contributed by atoms with Gasteiger partial charge < -0.3 is 5.32 Å². The predicted octanol–water partition coefficient (Wildman–Crippen LogP) is 4.79. The van der Waals surface area contributed by atoms with Gasteiger partial charge in [0, 0.05) is 14.2 Å². The van der Waals surface area contributed by atoms with Crippen LogP contribution in [0.4, 0.5) is 0 Å². The molecule has 1 aliphatic rings. The van der Waals surface area contributed by atoms with Crippen LogP contribution in [0, 0.1) is 0 Å². The normalized spacial score (nSPS) is 18.0. The number of thioether (sulfide) groups is 1. The van der Waals surface area contributed by atoms with E-state index < -0.39 is 0 Å². The molecule has 1 aromatic heterocycles. The molecule has 106 valence electrons. The molecule has 0 amide bonds. The van der Waals surface area contributed by atoms with Gasteiger partial charge in [-0.2, -0.15) is 0 Å². The van der Waals surface area contributed by atoms with Crippen LogP contribution in [-0.2, 0) is 12.2 Å². The van der Waals surface area contributed by atoms with Crippen LogP contribution in [0.15, 0.2) is 33.6 Å². The molecule has 2 nitrogen and oxygen atoms in total. The number of thiazole rings is 1. The lowest BCUT2D eigenvalue weighted by Gasteiger charge is -2.19. The highest BCUT2D eigenvalue weighted by molar-refractivity contribution is 9.10. The quantitative estimate of drug-likeness (QED) is 0.784. The molecule has 0 radical (unpaired) electrons. The Balaban J connectivity index is 1.71. The highest BCUT2D eigenvalue weighted by Gasteiger charge is 2.23. The van der Waals surface area contributed by atoms with Crippen LogP contribution in [-0.4, -0.2) is 12.0 Å². The smallest absolute Gasteiger partial charge is 0.103 e. The number of rotatable bonds is 4. The SMILES string of the molecule is CNC1CCCc2sc(CSc3cccc(Br)c3)nc21. The maximum atomic E-state index is 4.86. The first kappa shape index (κ1) is 14.6. The van der Waals surface area contributed by atoms with Crippen molar-refractivity contribution in [1.29, 1.82) is 0 Å². The Bertz CT molecular complexity index is 597. The Morgan fingerprint density at radius 2 is 2.40 bits per heavy atom. The van der Waals surface area contributed by atoms with Crippen molar-refractivity contribution in [3.05, 3.63) is 44.3 Å². The summed E-state index contributed by atoms with van der Waals surface area (Å²) in [7, 11) is 2.04. The van der Waals surface area contributed by atoms with E-state index >= 15 is 0 Å². The number of nitrogens with zero attached hydrogens (tertiary/aromatic N) is 1. The fraction of sp³-hybridized carbons (Fsp3) is 0.400. The maximum absolute atomic E-state index is 4.86. The molecule has 1 aromatic carbocycles. The average molecular weight is 369 g/mol. The molecule has 1 heterocycles. The van der Waals surface area contributed by atoms with Gasteiger partial charge in [0.1, 0.15) is 5.01 Å². The molecular weight excluding hydrogens is 352 g/mol. The van der Waals surface area contributed by atoms with Gasteiger partial charge in [-0.15, -0.1) is 23.1 Å². The van der Waals surface area contributed by atoms with Crippen LogP contribution in [0.2, 0.25) is 0 Å². The number of hydrogen-bond donors (Lipinski definition) is 1. The Kier molecular flexibility index (Phi) is 4.81. The molecular formula is C15H17BrN2S2. The van der Waals surface area contributed by atoms with Crippen LogP contribution in [0.25, 0.3) is 0 Å². The van der Waals surface area contributed by atoms with E-state index in [2.05, 4.69) is 45.5 Å². The summed E-state index contributed by atoms with van der Waals surface area (Å²) in [6.45, 7) is 0. The summed E-state index contributed by atoms with van der Waals surface area (Å²) in [5.41, 5.74) is 1.30. The molecule has 0 saturated carbocycles. The van der Waals surface area contributed by atoms with Crippen LogP contribution in [0.3, 0.4) is 0 Å². The Hall–Kier alpha value is -0.360. The topological polar surface area (TPSA) is 24.9 Å². The van der Waals surface area contributed by atoms with Crippen molar-refractivity contribution < 1.29 is 0 Å². The molecule has 0 fully saturated rings. The number of aromatic nitrogens is 1. The van der Waals surface area contributed by atoms with E-state index in [1.807, 2.05) is 30.1 Å². The standard InChI is InChI=1S/C15H17BrN2S2/c1-17-12-6-3-7-13-15(12)18-14(20-13)9-19-11-5-2-4-10(16)8-11/h2,4-5,8,12,17H,3,6-7,9H2,1H3. The molecule has 0 aliphatic heterocycles. The summed E-state index contributed by atoms with van der Waals surface area (Å²) in [6.07, 6.45) is 3.69. The Morgan fingerprint density at radius 1 is 1.50 bits per heavy atom. The van der Waals surface area contributed by atoms with Crippen LogP contribution < -0.4 is 5.32 Å². The lowest BCUT2D eigenvalue weighted by atomic mass is 9.98. The second-order valence-electron chi connectivity index (χ2n) is 4.90. The van der Waals surface area contributed by atoms with Gasteiger partial charge in [-0.3, -0.25) is 0 Å². The molecule has 1 atom stereocenters. The molecule has 0 bridgehead atoms. The minimum absolute atomic E-state index is 0.458. The minimum atomic E-state index is 0.458. The molecule has 1 N–H and O–H groups in total. The molecule has 20 heavy (non-hydrogen) atoms. The summed E-state index contributed by atoms with van der Waals surface area (Å²) in [5, 5.41) is 4.64. The van der Waals surface area contributed by atoms with Gasteiger partial charge in [0.25, 0.3) is 0 Å². The number of fused-ring (bicyclic) bond motifs is 1. The van der Waals surface area contributed by atoms with Gasteiger partial charge >= 0.3 is 0 Å². The zero-order chi connectivity index (χ0) is 13.9. The van der Waals surface area contributed by atoms with Crippen molar-refractivity contribution >= 4 is 39.0 Å². The first-order chi connectivity index (χ1) is 9.76. The highest BCUT2D eigenvalue weighted by Crippen LogP contribution is 2.35. The maximum Gasteiger partial charge on any atom is 0.103 e. The number of aryl methyl sites for hydroxylation is 1. The molecule has 0 saturated heterocycles. The van der Waals surface area contributed by atoms with Crippen molar-refractivity contribution in [2.75, 3.05) is 7.05 Å². The third-order valence-corrected chi connectivity index (χ3v) is 6.32. The van der Waals surface area contributed by atoms with Crippen molar-refractivity contribution in [3.8, 4) is 0 Å². The minimum Gasteiger partial charge on any atom is -0.312 e. The first-order valence-corrected chi connectivity index (χ1v) is 9.40. The van der Waals surface area contributed by atoms with Crippen molar-refractivity contribution in [2.24, 2.45) is 0 Å². The lowest BCUT2D eigenvalue weighted by molar-refractivity contribution is 0.489. The number of hydrogen-bond acceptors (Lipinski definition) is 4. The zero-order valence-corrected chi connectivity index (χ0v) is 14.6. The van der Waals surface area contributed by atoms with E-state index in [4.69, 9.17) is 4.98 Å². The van der Waals surface area contributed by atoms with Gasteiger partial charge in [0.05, 0.1) is 17.5 Å². The fourth-order valence-corrected chi connectivity index (χ4v) is 5.18. The molecule has 1 aliphatic carbocycles. The zero-order valence-electron chi connectivity index (χ0n) is 11.4. The number of benzene rings is 1. The summed E-state index contributed by atoms with van der Waals surface area (Å²) in [5.74, 6) is 0.963. The summed E-state index contributed by atoms with van der Waals surface area (Å²) in [6, 6.07) is 8.91. The van der Waals surface area contributed by atoms with E-state index in [9.17, 15) is 0 Å². The largest absolute Gasteiger partial charge is 0.312 e. The van der Waals surface area contributed by atoms with Gasteiger partial charge in [-0.25, -0.2) is 4.98 Å². The van der Waals surface area contributed by atoms with Crippen LogP contribution in [0.5, 0.6) is 0 Å². The third kappa shape index (κ3) is 3.27. The van der Waals surface area contributed by atoms with Gasteiger partial charge in [-0.05, 0) is 44.5 Å².